The minimum Gasteiger partial charge on any atom is -0.387 e. The monoisotopic (exact) mass is 287 g/mol. The van der Waals surface area contributed by atoms with Gasteiger partial charge in [0.2, 0.25) is 0 Å². The maximum atomic E-state index is 11.9. The van der Waals surface area contributed by atoms with Crippen LogP contribution in [0.5, 0.6) is 0 Å². The number of benzene rings is 1. The fraction of sp³-hybridized carbons (Fsp3) is 0.462. The number of aliphatic hydroxyl groups is 1. The van der Waals surface area contributed by atoms with Crippen LogP contribution in [-0.4, -0.2) is 35.2 Å². The number of rotatable bonds is 5. The van der Waals surface area contributed by atoms with Crippen molar-refractivity contribution >= 4 is 29.3 Å². The van der Waals surface area contributed by atoms with Crippen LogP contribution in [0.25, 0.3) is 0 Å². The van der Waals surface area contributed by atoms with E-state index >= 15 is 0 Å². The Morgan fingerprint density at radius 3 is 2.78 bits per heavy atom. The minimum atomic E-state index is -0.899. The van der Waals surface area contributed by atoms with Gasteiger partial charge in [-0.25, -0.2) is 0 Å². The second-order valence-corrected chi connectivity index (χ2v) is 5.85. The topological polar surface area (TPSA) is 49.3 Å². The van der Waals surface area contributed by atoms with Crippen molar-refractivity contribution in [3.8, 4) is 0 Å². The molecule has 0 aliphatic rings. The van der Waals surface area contributed by atoms with Crippen LogP contribution < -0.4 is 5.32 Å². The second-order valence-electron chi connectivity index (χ2n) is 4.58. The summed E-state index contributed by atoms with van der Waals surface area (Å²) in [6.45, 7) is 3.80. The summed E-state index contributed by atoms with van der Waals surface area (Å²) in [5, 5.41) is 13.2. The molecule has 0 heterocycles. The van der Waals surface area contributed by atoms with Crippen LogP contribution in [0.15, 0.2) is 18.2 Å². The van der Waals surface area contributed by atoms with Crippen LogP contribution in [0.3, 0.4) is 0 Å². The summed E-state index contributed by atoms with van der Waals surface area (Å²) in [6, 6.07) is 5.16. The highest BCUT2D eigenvalue weighted by Crippen LogP contribution is 2.17. The molecule has 1 amide bonds. The van der Waals surface area contributed by atoms with Gasteiger partial charge in [-0.05, 0) is 37.8 Å². The molecule has 18 heavy (non-hydrogen) atoms. The third-order valence-corrected chi connectivity index (χ3v) is 3.84. The van der Waals surface area contributed by atoms with E-state index < -0.39 is 5.60 Å². The van der Waals surface area contributed by atoms with Crippen LogP contribution in [0.1, 0.15) is 22.8 Å². The smallest absolute Gasteiger partial charge is 0.251 e. The summed E-state index contributed by atoms with van der Waals surface area (Å²) in [6.07, 6.45) is 1.91. The summed E-state index contributed by atoms with van der Waals surface area (Å²) in [4.78, 5) is 11.9. The molecule has 0 aliphatic heterocycles. The molecule has 3 nitrogen and oxygen atoms in total. The highest BCUT2D eigenvalue weighted by Gasteiger charge is 2.20. The van der Waals surface area contributed by atoms with Gasteiger partial charge >= 0.3 is 0 Å². The SMILES string of the molecule is CSCC(C)(O)CNC(=O)c1ccc(C)c(Cl)c1. The van der Waals surface area contributed by atoms with E-state index in [9.17, 15) is 9.90 Å². The predicted molar refractivity (Wildman–Crippen MR) is 77.5 cm³/mol. The zero-order chi connectivity index (χ0) is 13.8. The van der Waals surface area contributed by atoms with Gasteiger partial charge < -0.3 is 10.4 Å². The summed E-state index contributed by atoms with van der Waals surface area (Å²) >= 11 is 7.50. The molecule has 0 aliphatic carbocycles. The molecule has 0 spiro atoms. The van der Waals surface area contributed by atoms with Crippen LogP contribution in [-0.2, 0) is 0 Å². The van der Waals surface area contributed by atoms with E-state index in [1.807, 2.05) is 13.2 Å². The number of hydrogen-bond acceptors (Lipinski definition) is 3. The third kappa shape index (κ3) is 4.52. The molecule has 1 rings (SSSR count). The number of carbonyl (C=O) groups is 1. The van der Waals surface area contributed by atoms with E-state index in [1.165, 1.54) is 11.8 Å². The Balaban J connectivity index is 2.63. The van der Waals surface area contributed by atoms with E-state index in [1.54, 1.807) is 25.1 Å². The van der Waals surface area contributed by atoms with Crippen LogP contribution >= 0.6 is 23.4 Å². The first-order valence-corrected chi connectivity index (χ1v) is 7.38. The number of halogens is 1. The Hall–Kier alpha value is -0.710. The second kappa shape index (κ2) is 6.45. The standard InChI is InChI=1S/C13H18ClNO2S/c1-9-4-5-10(6-11(9)14)12(16)15-7-13(2,17)8-18-3/h4-6,17H,7-8H2,1-3H3,(H,15,16). The highest BCUT2D eigenvalue weighted by atomic mass is 35.5. The fourth-order valence-corrected chi connectivity index (χ4v) is 2.37. The molecule has 0 radical (unpaired) electrons. The lowest BCUT2D eigenvalue weighted by molar-refractivity contribution is 0.0725. The highest BCUT2D eigenvalue weighted by molar-refractivity contribution is 7.98. The largest absolute Gasteiger partial charge is 0.387 e. The molecular weight excluding hydrogens is 270 g/mol. The summed E-state index contributed by atoms with van der Waals surface area (Å²) < 4.78 is 0. The van der Waals surface area contributed by atoms with Gasteiger partial charge in [-0.3, -0.25) is 4.79 Å². The molecule has 1 aromatic rings. The van der Waals surface area contributed by atoms with E-state index in [-0.39, 0.29) is 12.5 Å². The van der Waals surface area contributed by atoms with Crippen molar-refractivity contribution in [3.05, 3.63) is 34.3 Å². The molecule has 2 N–H and O–H groups in total. The van der Waals surface area contributed by atoms with E-state index in [2.05, 4.69) is 5.32 Å². The molecule has 1 aromatic carbocycles. The van der Waals surface area contributed by atoms with Gasteiger partial charge in [0.25, 0.3) is 5.91 Å². The molecule has 0 aromatic heterocycles. The van der Waals surface area contributed by atoms with Crippen molar-refractivity contribution in [1.29, 1.82) is 0 Å². The first-order chi connectivity index (χ1) is 8.35. The van der Waals surface area contributed by atoms with E-state index in [0.717, 1.165) is 5.56 Å². The van der Waals surface area contributed by atoms with E-state index in [0.29, 0.717) is 16.3 Å². The quantitative estimate of drug-likeness (QED) is 0.875. The Labute approximate surface area is 117 Å². The molecule has 100 valence electrons. The fourth-order valence-electron chi connectivity index (χ4n) is 1.47. The number of hydrogen-bond donors (Lipinski definition) is 2. The van der Waals surface area contributed by atoms with Crippen LogP contribution in [0.2, 0.25) is 5.02 Å². The number of thioether (sulfide) groups is 1. The molecule has 0 saturated carbocycles. The average molecular weight is 288 g/mol. The van der Waals surface area contributed by atoms with Gasteiger partial charge in [-0.15, -0.1) is 0 Å². The van der Waals surface area contributed by atoms with E-state index in [4.69, 9.17) is 11.6 Å². The molecular formula is C13H18ClNO2S. The van der Waals surface area contributed by atoms with Crippen molar-refractivity contribution in [2.24, 2.45) is 0 Å². The zero-order valence-electron chi connectivity index (χ0n) is 10.8. The summed E-state index contributed by atoms with van der Waals surface area (Å²) in [7, 11) is 0. The van der Waals surface area contributed by atoms with Gasteiger partial charge in [-0.1, -0.05) is 17.7 Å². The lowest BCUT2D eigenvalue weighted by Gasteiger charge is -2.22. The van der Waals surface area contributed by atoms with Gasteiger partial charge in [0.1, 0.15) is 0 Å². The van der Waals surface area contributed by atoms with Crippen molar-refractivity contribution in [1.82, 2.24) is 5.32 Å². The average Bonchev–Trinajstić information content (AvgIpc) is 2.30. The molecule has 5 heteroatoms. The first-order valence-electron chi connectivity index (χ1n) is 5.61. The van der Waals surface area contributed by atoms with Crippen molar-refractivity contribution in [3.63, 3.8) is 0 Å². The number of amides is 1. The van der Waals surface area contributed by atoms with Gasteiger partial charge in [0.15, 0.2) is 0 Å². The summed E-state index contributed by atoms with van der Waals surface area (Å²) in [5.41, 5.74) is 0.539. The molecule has 0 fully saturated rings. The Bertz CT molecular complexity index is 435. The Morgan fingerprint density at radius 1 is 1.56 bits per heavy atom. The zero-order valence-corrected chi connectivity index (χ0v) is 12.4. The van der Waals surface area contributed by atoms with Crippen molar-refractivity contribution in [2.45, 2.75) is 19.4 Å². The van der Waals surface area contributed by atoms with Gasteiger partial charge in [0, 0.05) is 22.9 Å². The van der Waals surface area contributed by atoms with Crippen LogP contribution in [0.4, 0.5) is 0 Å². The Morgan fingerprint density at radius 2 is 2.22 bits per heavy atom. The molecule has 1 atom stereocenters. The molecule has 0 bridgehead atoms. The normalized spacial score (nSPS) is 14.1. The number of aryl methyl sites for hydroxylation is 1. The maximum Gasteiger partial charge on any atom is 0.251 e. The van der Waals surface area contributed by atoms with Crippen LogP contribution in [0, 0.1) is 6.92 Å². The van der Waals surface area contributed by atoms with Gasteiger partial charge in [0.05, 0.1) is 5.60 Å². The van der Waals surface area contributed by atoms with Crippen molar-refractivity contribution in [2.75, 3.05) is 18.6 Å². The molecule has 0 saturated heterocycles. The Kier molecular flexibility index (Phi) is 5.50. The lowest BCUT2D eigenvalue weighted by Crippen LogP contribution is -2.42. The predicted octanol–water partition coefficient (Wildman–Crippen LogP) is 2.49. The minimum absolute atomic E-state index is 0.220. The third-order valence-electron chi connectivity index (χ3n) is 2.52. The summed E-state index contributed by atoms with van der Waals surface area (Å²) in [5.74, 6) is 0.348. The first kappa shape index (κ1) is 15.3. The maximum absolute atomic E-state index is 11.9. The van der Waals surface area contributed by atoms with Crippen molar-refractivity contribution < 1.29 is 9.90 Å². The number of carbonyl (C=O) groups excluding carboxylic acids is 1. The molecule has 1 unspecified atom stereocenters. The lowest BCUT2D eigenvalue weighted by atomic mass is 10.1. The number of nitrogens with one attached hydrogen (secondary N) is 1. The van der Waals surface area contributed by atoms with Gasteiger partial charge in [-0.2, -0.15) is 11.8 Å².